The summed E-state index contributed by atoms with van der Waals surface area (Å²) in [6.07, 6.45) is 7.84. The first kappa shape index (κ1) is 14.1. The van der Waals surface area contributed by atoms with E-state index in [1.807, 2.05) is 12.1 Å². The maximum absolute atomic E-state index is 12.7. The Kier molecular flexibility index (Phi) is 3.96. The number of benzene rings is 1. The van der Waals surface area contributed by atoms with Crippen molar-refractivity contribution in [2.75, 3.05) is 0 Å². The van der Waals surface area contributed by atoms with Crippen molar-refractivity contribution in [3.63, 3.8) is 0 Å². The molecule has 3 heteroatoms. The highest BCUT2D eigenvalue weighted by Gasteiger charge is 2.36. The van der Waals surface area contributed by atoms with Crippen LogP contribution < -0.4 is 5.32 Å². The second kappa shape index (κ2) is 5.89. The topological polar surface area (TPSA) is 52.9 Å². The molecule has 21 heavy (non-hydrogen) atoms. The summed E-state index contributed by atoms with van der Waals surface area (Å²) in [6, 6.07) is 10.6. The fourth-order valence-electron chi connectivity index (χ4n) is 3.77. The van der Waals surface area contributed by atoms with Crippen molar-refractivity contribution in [2.24, 2.45) is 0 Å². The lowest BCUT2D eigenvalue weighted by atomic mass is 9.79. The van der Waals surface area contributed by atoms with Crippen LogP contribution in [-0.4, -0.2) is 11.4 Å². The monoisotopic (exact) mass is 282 g/mol. The van der Waals surface area contributed by atoms with Gasteiger partial charge in [-0.3, -0.25) is 4.79 Å². The molecule has 1 atom stereocenters. The van der Waals surface area contributed by atoms with E-state index in [1.165, 1.54) is 12.0 Å². The molecular formula is C18H22N2O. The number of carbonyl (C=O) groups excluding carboxylic acids is 1. The van der Waals surface area contributed by atoms with Gasteiger partial charge in [-0.2, -0.15) is 5.26 Å². The summed E-state index contributed by atoms with van der Waals surface area (Å²) in [4.78, 5) is 12.7. The van der Waals surface area contributed by atoms with Gasteiger partial charge in [0, 0.05) is 0 Å². The highest BCUT2D eigenvalue weighted by atomic mass is 16.2. The highest BCUT2D eigenvalue weighted by Crippen LogP contribution is 2.34. The Morgan fingerprint density at radius 3 is 2.71 bits per heavy atom. The van der Waals surface area contributed by atoms with Crippen molar-refractivity contribution in [1.82, 2.24) is 5.32 Å². The van der Waals surface area contributed by atoms with Crippen LogP contribution in [0.3, 0.4) is 0 Å². The molecule has 0 aromatic heterocycles. The molecule has 0 bridgehead atoms. The number of aryl methyl sites for hydroxylation is 1. The van der Waals surface area contributed by atoms with Crippen LogP contribution >= 0.6 is 0 Å². The van der Waals surface area contributed by atoms with Crippen LogP contribution in [0.2, 0.25) is 0 Å². The van der Waals surface area contributed by atoms with Crippen LogP contribution in [0.5, 0.6) is 0 Å². The van der Waals surface area contributed by atoms with Gasteiger partial charge < -0.3 is 5.32 Å². The van der Waals surface area contributed by atoms with Gasteiger partial charge >= 0.3 is 0 Å². The first-order valence-electron chi connectivity index (χ1n) is 8.05. The molecule has 110 valence electrons. The molecule has 0 heterocycles. The van der Waals surface area contributed by atoms with Gasteiger partial charge in [0.05, 0.1) is 12.0 Å². The van der Waals surface area contributed by atoms with E-state index in [2.05, 4.69) is 23.5 Å². The average molecular weight is 282 g/mol. The van der Waals surface area contributed by atoms with Crippen molar-refractivity contribution < 1.29 is 4.79 Å². The zero-order valence-corrected chi connectivity index (χ0v) is 12.4. The first-order valence-corrected chi connectivity index (χ1v) is 8.05. The van der Waals surface area contributed by atoms with Gasteiger partial charge in [-0.05, 0) is 43.2 Å². The summed E-state index contributed by atoms with van der Waals surface area (Å²) in [6.45, 7) is 0. The molecule has 1 aromatic carbocycles. The van der Waals surface area contributed by atoms with Crippen LogP contribution in [0.15, 0.2) is 24.3 Å². The normalized spacial score (nSPS) is 23.7. The Hall–Kier alpha value is -1.82. The summed E-state index contributed by atoms with van der Waals surface area (Å²) < 4.78 is 0. The molecule has 2 aliphatic rings. The largest absolute Gasteiger partial charge is 0.337 e. The van der Waals surface area contributed by atoms with E-state index in [4.69, 9.17) is 0 Å². The molecule has 3 rings (SSSR count). The Morgan fingerprint density at radius 2 is 1.95 bits per heavy atom. The maximum atomic E-state index is 12.7. The fraction of sp³-hybridized carbons (Fsp3) is 0.556. The molecular weight excluding hydrogens is 260 g/mol. The average Bonchev–Trinajstić information content (AvgIpc) is 2.55. The van der Waals surface area contributed by atoms with Gasteiger partial charge in [-0.15, -0.1) is 0 Å². The first-order chi connectivity index (χ1) is 10.2. The van der Waals surface area contributed by atoms with E-state index in [0.717, 1.165) is 50.5 Å². The maximum Gasteiger partial charge on any atom is 0.228 e. The molecule has 1 saturated carbocycles. The van der Waals surface area contributed by atoms with E-state index in [-0.39, 0.29) is 11.8 Å². The van der Waals surface area contributed by atoms with Crippen LogP contribution in [-0.2, 0) is 11.2 Å². The molecule has 0 aliphatic heterocycles. The molecule has 1 fully saturated rings. The minimum atomic E-state index is -0.623. The van der Waals surface area contributed by atoms with Crippen LogP contribution in [0.4, 0.5) is 0 Å². The third-order valence-corrected chi connectivity index (χ3v) is 4.97. The summed E-state index contributed by atoms with van der Waals surface area (Å²) in [5.74, 6) is -0.0345. The molecule has 1 aromatic rings. The predicted octanol–water partition coefficient (Wildman–Crippen LogP) is 3.45. The second-order valence-electron chi connectivity index (χ2n) is 6.39. The Balaban J connectivity index is 1.79. The molecule has 1 N–H and O–H groups in total. The van der Waals surface area contributed by atoms with Crippen molar-refractivity contribution in [2.45, 2.75) is 62.8 Å². The molecule has 2 aliphatic carbocycles. The number of nitriles is 1. The van der Waals surface area contributed by atoms with E-state index >= 15 is 0 Å². The van der Waals surface area contributed by atoms with E-state index in [9.17, 15) is 10.1 Å². The van der Waals surface area contributed by atoms with Crippen LogP contribution in [0.25, 0.3) is 0 Å². The van der Waals surface area contributed by atoms with Gasteiger partial charge in [0.15, 0.2) is 0 Å². The number of carbonyl (C=O) groups is 1. The van der Waals surface area contributed by atoms with Crippen molar-refractivity contribution in [1.29, 1.82) is 5.26 Å². The predicted molar refractivity (Wildman–Crippen MR) is 81.7 cm³/mol. The van der Waals surface area contributed by atoms with Gasteiger partial charge in [-0.25, -0.2) is 0 Å². The SMILES string of the molecule is N#CC1(NC(=O)C2CCCc3ccccc32)CCCCC1. The van der Waals surface area contributed by atoms with Gasteiger partial charge in [0.1, 0.15) is 5.54 Å². The van der Waals surface area contributed by atoms with Gasteiger partial charge in [0.25, 0.3) is 0 Å². The van der Waals surface area contributed by atoms with E-state index < -0.39 is 5.54 Å². The van der Waals surface area contributed by atoms with Crippen molar-refractivity contribution in [3.05, 3.63) is 35.4 Å². The summed E-state index contributed by atoms with van der Waals surface area (Å²) >= 11 is 0. The smallest absolute Gasteiger partial charge is 0.228 e. The number of hydrogen-bond donors (Lipinski definition) is 1. The van der Waals surface area contributed by atoms with E-state index in [1.54, 1.807) is 0 Å². The second-order valence-corrected chi connectivity index (χ2v) is 6.39. The summed E-state index contributed by atoms with van der Waals surface area (Å²) in [5.41, 5.74) is 1.82. The minimum absolute atomic E-state index is 0.0469. The van der Waals surface area contributed by atoms with Crippen molar-refractivity contribution in [3.8, 4) is 6.07 Å². The number of fused-ring (bicyclic) bond motifs is 1. The molecule has 0 spiro atoms. The number of rotatable bonds is 2. The molecule has 0 radical (unpaired) electrons. The lowest BCUT2D eigenvalue weighted by molar-refractivity contribution is -0.124. The summed E-state index contributed by atoms with van der Waals surface area (Å²) in [5, 5.41) is 12.6. The fourth-order valence-corrected chi connectivity index (χ4v) is 3.77. The Labute approximate surface area is 126 Å². The Bertz CT molecular complexity index is 567. The minimum Gasteiger partial charge on any atom is -0.337 e. The van der Waals surface area contributed by atoms with Crippen LogP contribution in [0, 0.1) is 11.3 Å². The number of amides is 1. The number of nitrogens with one attached hydrogen (secondary N) is 1. The molecule has 1 amide bonds. The highest BCUT2D eigenvalue weighted by molar-refractivity contribution is 5.85. The molecule has 3 nitrogen and oxygen atoms in total. The molecule has 0 saturated heterocycles. The van der Waals surface area contributed by atoms with E-state index in [0.29, 0.717) is 0 Å². The number of hydrogen-bond acceptors (Lipinski definition) is 2. The third kappa shape index (κ3) is 2.81. The zero-order chi connectivity index (χ0) is 14.7. The lowest BCUT2D eigenvalue weighted by Gasteiger charge is -2.34. The van der Waals surface area contributed by atoms with Gasteiger partial charge in [0.2, 0.25) is 5.91 Å². The number of nitrogens with zero attached hydrogens (tertiary/aromatic N) is 1. The summed E-state index contributed by atoms with van der Waals surface area (Å²) in [7, 11) is 0. The third-order valence-electron chi connectivity index (χ3n) is 4.97. The quantitative estimate of drug-likeness (QED) is 0.903. The van der Waals surface area contributed by atoms with Crippen LogP contribution in [0.1, 0.15) is 62.0 Å². The Morgan fingerprint density at radius 1 is 1.19 bits per heavy atom. The van der Waals surface area contributed by atoms with Crippen molar-refractivity contribution >= 4 is 5.91 Å². The standard InChI is InChI=1S/C18H22N2O/c19-13-18(11-4-1-5-12-18)20-17(21)16-10-6-8-14-7-2-3-9-15(14)16/h2-3,7,9,16H,1,4-6,8,10-12H2,(H,20,21). The van der Waals surface area contributed by atoms with Gasteiger partial charge in [-0.1, -0.05) is 43.5 Å². The molecule has 1 unspecified atom stereocenters. The lowest BCUT2D eigenvalue weighted by Crippen LogP contribution is -2.50. The zero-order valence-electron chi connectivity index (χ0n) is 12.4.